The number of hydrogen-bond acceptors (Lipinski definition) is 5. The summed E-state index contributed by atoms with van der Waals surface area (Å²) in [4.78, 5) is 14.3. The minimum Gasteiger partial charge on any atom is -0.506 e. The molecule has 0 radical (unpaired) electrons. The summed E-state index contributed by atoms with van der Waals surface area (Å²) in [6, 6.07) is 2.71. The second-order valence-corrected chi connectivity index (χ2v) is 3.64. The van der Waals surface area contributed by atoms with Gasteiger partial charge in [0, 0.05) is 0 Å². The van der Waals surface area contributed by atoms with Gasteiger partial charge in [0.05, 0.1) is 0 Å². The van der Waals surface area contributed by atoms with E-state index in [-0.39, 0.29) is 11.4 Å². The molecular weight excluding hydrogens is 268 g/mol. The Balaban J connectivity index is 3.04. The fourth-order valence-corrected chi connectivity index (χ4v) is 1.29. The molecule has 2 atom stereocenters. The summed E-state index contributed by atoms with van der Waals surface area (Å²) in [7, 11) is 0. The number of amides is 1. The van der Waals surface area contributed by atoms with Crippen LogP contribution in [0, 0.1) is 0 Å². The Hall–Kier alpha value is -1.18. The van der Waals surface area contributed by atoms with Crippen molar-refractivity contribution in [3.05, 3.63) is 22.4 Å². The summed E-state index contributed by atoms with van der Waals surface area (Å²) in [5.74, 6) is -1.42. The smallest absolute Gasteiger partial charge is 0.249 e. The maximum Gasteiger partial charge on any atom is 0.249 e. The Kier molecular flexibility index (Phi) is 3.61. The van der Waals surface area contributed by atoms with E-state index in [9.17, 15) is 20.1 Å². The number of nitrogens with two attached hydrogens (primary N) is 1. The molecule has 1 heterocycles. The summed E-state index contributed by atoms with van der Waals surface area (Å²) in [6.07, 6.45) is -3.46. The van der Waals surface area contributed by atoms with Crippen LogP contribution in [0.15, 0.2) is 16.7 Å². The standard InChI is InChI=1S/C8H9BrN2O4/c9-4-2-1-3(12)5(11-4)6(13)7(14)8(10)15/h1-2,6-7,12-14H,(H2,10,15). The van der Waals surface area contributed by atoms with Crippen molar-refractivity contribution in [3.8, 4) is 5.75 Å². The Bertz CT molecular complexity index is 385. The van der Waals surface area contributed by atoms with E-state index in [1.165, 1.54) is 12.1 Å². The van der Waals surface area contributed by atoms with E-state index in [4.69, 9.17) is 5.73 Å². The second kappa shape index (κ2) is 4.56. The third kappa shape index (κ3) is 2.65. The minimum absolute atomic E-state index is 0.212. The first kappa shape index (κ1) is 11.9. The lowest BCUT2D eigenvalue weighted by Gasteiger charge is -2.15. The Labute approximate surface area is 93.5 Å². The lowest BCUT2D eigenvalue weighted by Crippen LogP contribution is -2.34. The molecule has 0 aromatic carbocycles. The van der Waals surface area contributed by atoms with Crippen LogP contribution in [-0.4, -0.2) is 32.3 Å². The van der Waals surface area contributed by atoms with Crippen LogP contribution in [0.2, 0.25) is 0 Å². The van der Waals surface area contributed by atoms with Crippen LogP contribution < -0.4 is 5.73 Å². The molecule has 0 fully saturated rings. The molecule has 0 aliphatic heterocycles. The average Bonchev–Trinajstić information content (AvgIpc) is 2.19. The van der Waals surface area contributed by atoms with E-state index >= 15 is 0 Å². The zero-order chi connectivity index (χ0) is 11.6. The average molecular weight is 277 g/mol. The monoisotopic (exact) mass is 276 g/mol. The molecule has 5 N–H and O–H groups in total. The fraction of sp³-hybridized carbons (Fsp3) is 0.250. The Morgan fingerprint density at radius 3 is 2.60 bits per heavy atom. The number of hydrogen-bond donors (Lipinski definition) is 4. The van der Waals surface area contributed by atoms with Crippen LogP contribution in [0.1, 0.15) is 11.8 Å². The van der Waals surface area contributed by atoms with Gasteiger partial charge in [0.15, 0.2) is 6.10 Å². The molecule has 0 aliphatic carbocycles. The van der Waals surface area contributed by atoms with Crippen molar-refractivity contribution in [2.75, 3.05) is 0 Å². The van der Waals surface area contributed by atoms with Crippen molar-refractivity contribution >= 4 is 21.8 Å². The highest BCUT2D eigenvalue weighted by Gasteiger charge is 2.27. The lowest BCUT2D eigenvalue weighted by atomic mass is 10.1. The van der Waals surface area contributed by atoms with E-state index in [1.807, 2.05) is 0 Å². The van der Waals surface area contributed by atoms with Gasteiger partial charge in [0.25, 0.3) is 0 Å². The molecule has 7 heteroatoms. The van der Waals surface area contributed by atoms with Gasteiger partial charge in [-0.05, 0) is 28.1 Å². The van der Waals surface area contributed by atoms with Crippen molar-refractivity contribution in [1.82, 2.24) is 4.98 Å². The number of aliphatic hydroxyl groups is 2. The highest BCUT2D eigenvalue weighted by atomic mass is 79.9. The summed E-state index contributed by atoms with van der Waals surface area (Å²) < 4.78 is 0.353. The molecule has 15 heavy (non-hydrogen) atoms. The normalized spacial score (nSPS) is 14.6. The van der Waals surface area contributed by atoms with Crippen LogP contribution in [0.5, 0.6) is 5.75 Å². The van der Waals surface area contributed by atoms with Crippen LogP contribution in [0.25, 0.3) is 0 Å². The van der Waals surface area contributed by atoms with Crippen molar-refractivity contribution in [2.45, 2.75) is 12.2 Å². The number of nitrogens with zero attached hydrogens (tertiary/aromatic N) is 1. The number of aromatic hydroxyl groups is 1. The van der Waals surface area contributed by atoms with Gasteiger partial charge >= 0.3 is 0 Å². The largest absolute Gasteiger partial charge is 0.506 e. The van der Waals surface area contributed by atoms with Gasteiger partial charge < -0.3 is 21.1 Å². The molecule has 2 unspecified atom stereocenters. The molecule has 1 amide bonds. The first-order valence-corrected chi connectivity index (χ1v) is 4.73. The summed E-state index contributed by atoms with van der Waals surface area (Å²) in [6.45, 7) is 0. The van der Waals surface area contributed by atoms with Crippen molar-refractivity contribution < 1.29 is 20.1 Å². The summed E-state index contributed by atoms with van der Waals surface area (Å²) >= 11 is 3.02. The summed E-state index contributed by atoms with van der Waals surface area (Å²) in [5, 5.41) is 28.0. The molecule has 0 aliphatic rings. The molecule has 0 saturated heterocycles. The number of primary amides is 1. The Morgan fingerprint density at radius 2 is 2.07 bits per heavy atom. The van der Waals surface area contributed by atoms with Crippen molar-refractivity contribution in [3.63, 3.8) is 0 Å². The molecule has 1 rings (SSSR count). The first-order chi connectivity index (χ1) is 6.93. The van der Waals surface area contributed by atoms with Crippen molar-refractivity contribution in [1.29, 1.82) is 0 Å². The zero-order valence-electron chi connectivity index (χ0n) is 7.46. The number of carbonyl (C=O) groups is 1. The van der Waals surface area contributed by atoms with Crippen LogP contribution in [0.4, 0.5) is 0 Å². The molecule has 0 spiro atoms. The second-order valence-electron chi connectivity index (χ2n) is 2.83. The highest BCUT2D eigenvalue weighted by Crippen LogP contribution is 2.26. The first-order valence-electron chi connectivity index (χ1n) is 3.94. The predicted octanol–water partition coefficient (Wildman–Crippen LogP) is -0.571. The van der Waals surface area contributed by atoms with Gasteiger partial charge in [-0.3, -0.25) is 4.79 Å². The minimum atomic E-state index is -1.81. The van der Waals surface area contributed by atoms with Crippen LogP contribution >= 0.6 is 15.9 Å². The predicted molar refractivity (Wildman–Crippen MR) is 53.8 cm³/mol. The number of aromatic nitrogens is 1. The van der Waals surface area contributed by atoms with Gasteiger partial charge in [-0.1, -0.05) is 0 Å². The molecule has 0 saturated carbocycles. The maximum atomic E-state index is 10.6. The number of aliphatic hydroxyl groups excluding tert-OH is 2. The number of rotatable bonds is 3. The summed E-state index contributed by atoms with van der Waals surface area (Å²) in [5.41, 5.74) is 4.58. The third-order valence-electron chi connectivity index (χ3n) is 1.74. The quantitative estimate of drug-likeness (QED) is 0.552. The van der Waals surface area contributed by atoms with Crippen LogP contribution in [0.3, 0.4) is 0 Å². The molecule has 82 valence electrons. The number of pyridine rings is 1. The van der Waals surface area contributed by atoms with Gasteiger partial charge in [0.1, 0.15) is 22.2 Å². The van der Waals surface area contributed by atoms with E-state index in [1.54, 1.807) is 0 Å². The Morgan fingerprint density at radius 1 is 1.47 bits per heavy atom. The van der Waals surface area contributed by atoms with Gasteiger partial charge in [0.2, 0.25) is 5.91 Å². The van der Waals surface area contributed by atoms with E-state index in [0.29, 0.717) is 4.60 Å². The van der Waals surface area contributed by atoms with Crippen molar-refractivity contribution in [2.24, 2.45) is 5.73 Å². The van der Waals surface area contributed by atoms with Gasteiger partial charge in [-0.25, -0.2) is 4.98 Å². The molecule has 0 bridgehead atoms. The van der Waals surface area contributed by atoms with Gasteiger partial charge in [-0.15, -0.1) is 0 Å². The molecule has 6 nitrogen and oxygen atoms in total. The van der Waals surface area contributed by atoms with E-state index in [0.717, 1.165) is 0 Å². The lowest BCUT2D eigenvalue weighted by molar-refractivity contribution is -0.132. The highest BCUT2D eigenvalue weighted by molar-refractivity contribution is 9.10. The van der Waals surface area contributed by atoms with E-state index < -0.39 is 18.1 Å². The number of halogens is 1. The third-order valence-corrected chi connectivity index (χ3v) is 2.18. The topological polar surface area (TPSA) is 117 Å². The molecule has 1 aromatic rings. The SMILES string of the molecule is NC(=O)C(O)C(O)c1nc(Br)ccc1O. The van der Waals surface area contributed by atoms with Crippen LogP contribution in [-0.2, 0) is 4.79 Å². The fourth-order valence-electron chi connectivity index (χ4n) is 0.965. The maximum absolute atomic E-state index is 10.6. The number of carbonyl (C=O) groups excluding carboxylic acids is 1. The van der Waals surface area contributed by atoms with Gasteiger partial charge in [-0.2, -0.15) is 0 Å². The van der Waals surface area contributed by atoms with E-state index in [2.05, 4.69) is 20.9 Å². The molecule has 1 aromatic heterocycles. The zero-order valence-corrected chi connectivity index (χ0v) is 9.05. The molecular formula is C8H9BrN2O4.